The van der Waals surface area contributed by atoms with Gasteiger partial charge in [-0.2, -0.15) is 5.26 Å². The molecule has 11 heavy (non-hydrogen) atoms. The van der Waals surface area contributed by atoms with E-state index in [0.717, 1.165) is 31.4 Å². The van der Waals surface area contributed by atoms with Crippen LogP contribution in [0.5, 0.6) is 0 Å². The number of nitriles is 1. The molecule has 3 nitrogen and oxygen atoms in total. The zero-order chi connectivity index (χ0) is 8.10. The fourth-order valence-corrected chi connectivity index (χ4v) is 1.58. The van der Waals surface area contributed by atoms with E-state index in [1.807, 2.05) is 0 Å². The highest BCUT2D eigenvalue weighted by atomic mass is 16.4. The molecule has 1 fully saturated rings. The van der Waals surface area contributed by atoms with E-state index in [1.165, 1.54) is 0 Å². The van der Waals surface area contributed by atoms with Crippen molar-refractivity contribution in [2.75, 3.05) is 0 Å². The van der Waals surface area contributed by atoms with E-state index >= 15 is 0 Å². The molecular weight excluding hydrogens is 140 g/mol. The summed E-state index contributed by atoms with van der Waals surface area (Å²) in [6.45, 7) is 0. The Morgan fingerprint density at radius 3 is 3.18 bits per heavy atom. The quantitative estimate of drug-likeness (QED) is 0.485. The topological polar surface area (TPSA) is 56.4 Å². The van der Waals surface area contributed by atoms with Gasteiger partial charge in [0.1, 0.15) is 0 Å². The Bertz CT molecular complexity index is 193. The molecule has 0 saturated heterocycles. The summed E-state index contributed by atoms with van der Waals surface area (Å²) >= 11 is 0. The molecule has 1 saturated carbocycles. The van der Waals surface area contributed by atoms with Gasteiger partial charge in [-0.05, 0) is 25.7 Å². The van der Waals surface area contributed by atoms with Gasteiger partial charge in [-0.15, -0.1) is 0 Å². The molecule has 0 heterocycles. The zero-order valence-electron chi connectivity index (χ0n) is 6.45. The minimum atomic E-state index is 0.375. The molecule has 0 bridgehead atoms. The van der Waals surface area contributed by atoms with E-state index < -0.39 is 0 Å². The predicted molar refractivity (Wildman–Crippen MR) is 41.4 cm³/mol. The maximum atomic E-state index is 8.54. The fraction of sp³-hybridized carbons (Fsp3) is 0.750. The van der Waals surface area contributed by atoms with Gasteiger partial charge in [-0.3, -0.25) is 0 Å². The van der Waals surface area contributed by atoms with E-state index in [2.05, 4.69) is 11.2 Å². The Balaban J connectivity index is 2.39. The predicted octanol–water partition coefficient (Wildman–Crippen LogP) is 1.92. The van der Waals surface area contributed by atoms with Crippen LogP contribution in [0.25, 0.3) is 0 Å². The Kier molecular flexibility index (Phi) is 2.91. The summed E-state index contributed by atoms with van der Waals surface area (Å²) in [6.07, 6.45) is 4.53. The van der Waals surface area contributed by atoms with Crippen molar-refractivity contribution in [2.45, 2.75) is 32.1 Å². The number of oxime groups is 1. The van der Waals surface area contributed by atoms with Gasteiger partial charge in [-0.25, -0.2) is 0 Å². The third-order valence-electron chi connectivity index (χ3n) is 2.19. The number of rotatable bonds is 2. The highest BCUT2D eigenvalue weighted by Gasteiger charge is 2.22. The summed E-state index contributed by atoms with van der Waals surface area (Å²) < 4.78 is 0. The van der Waals surface area contributed by atoms with Crippen LogP contribution in [0.4, 0.5) is 0 Å². The lowest BCUT2D eigenvalue weighted by Gasteiger charge is -2.04. The first kappa shape index (κ1) is 8.06. The van der Waals surface area contributed by atoms with Crippen molar-refractivity contribution in [3.8, 4) is 6.07 Å². The average Bonchev–Trinajstić information content (AvgIpc) is 2.47. The molecule has 1 unspecified atom stereocenters. The summed E-state index contributed by atoms with van der Waals surface area (Å²) in [6, 6.07) is 2.10. The van der Waals surface area contributed by atoms with Crippen LogP contribution in [0.15, 0.2) is 5.16 Å². The third-order valence-corrected chi connectivity index (χ3v) is 2.19. The Morgan fingerprint density at radius 2 is 2.55 bits per heavy atom. The van der Waals surface area contributed by atoms with Crippen molar-refractivity contribution in [1.29, 1.82) is 5.26 Å². The molecular formula is C8H12N2O. The van der Waals surface area contributed by atoms with Gasteiger partial charge < -0.3 is 5.21 Å². The smallest absolute Gasteiger partial charge is 0.0621 e. The molecule has 0 aromatic heterocycles. The Hall–Kier alpha value is -1.04. The van der Waals surface area contributed by atoms with E-state index in [1.54, 1.807) is 0 Å². The van der Waals surface area contributed by atoms with Gasteiger partial charge in [0.15, 0.2) is 0 Å². The van der Waals surface area contributed by atoms with Gasteiger partial charge in [0.25, 0.3) is 0 Å². The molecule has 0 aromatic rings. The molecule has 60 valence electrons. The van der Waals surface area contributed by atoms with Crippen LogP contribution in [0, 0.1) is 17.2 Å². The molecule has 1 atom stereocenters. The first-order valence-corrected chi connectivity index (χ1v) is 3.96. The molecule has 3 heteroatoms. The standard InChI is InChI=1S/C8H12N2O/c9-6-2-4-7-3-1-5-8(7)10-11/h7,11H,1-5H2. The molecule has 0 radical (unpaired) electrons. The lowest BCUT2D eigenvalue weighted by atomic mass is 10.0. The van der Waals surface area contributed by atoms with Crippen molar-refractivity contribution < 1.29 is 5.21 Å². The minimum Gasteiger partial charge on any atom is -0.411 e. The highest BCUT2D eigenvalue weighted by Crippen LogP contribution is 2.26. The second kappa shape index (κ2) is 3.97. The van der Waals surface area contributed by atoms with Crippen LogP contribution in [0.1, 0.15) is 32.1 Å². The van der Waals surface area contributed by atoms with Gasteiger partial charge in [0, 0.05) is 12.3 Å². The molecule has 1 rings (SSSR count). The van der Waals surface area contributed by atoms with Crippen LogP contribution in [-0.4, -0.2) is 10.9 Å². The summed E-state index contributed by atoms with van der Waals surface area (Å²) in [5.41, 5.74) is 0.889. The average molecular weight is 152 g/mol. The van der Waals surface area contributed by atoms with Gasteiger partial charge in [-0.1, -0.05) is 5.16 Å². The van der Waals surface area contributed by atoms with Crippen molar-refractivity contribution in [3.63, 3.8) is 0 Å². The van der Waals surface area contributed by atoms with Crippen molar-refractivity contribution in [2.24, 2.45) is 11.1 Å². The third kappa shape index (κ3) is 1.94. The van der Waals surface area contributed by atoms with E-state index in [-0.39, 0.29) is 0 Å². The molecule has 0 aromatic carbocycles. The SMILES string of the molecule is N#CCCC1CCCC1=NO. The molecule has 0 aliphatic heterocycles. The van der Waals surface area contributed by atoms with Gasteiger partial charge in [0.2, 0.25) is 0 Å². The minimum absolute atomic E-state index is 0.375. The monoisotopic (exact) mass is 152 g/mol. The first-order chi connectivity index (χ1) is 5.38. The van der Waals surface area contributed by atoms with Crippen molar-refractivity contribution >= 4 is 5.71 Å². The molecule has 0 amide bonds. The lowest BCUT2D eigenvalue weighted by molar-refractivity contribution is 0.314. The largest absolute Gasteiger partial charge is 0.411 e. The van der Waals surface area contributed by atoms with Crippen LogP contribution in [0.2, 0.25) is 0 Å². The zero-order valence-corrected chi connectivity index (χ0v) is 6.45. The van der Waals surface area contributed by atoms with E-state index in [4.69, 9.17) is 10.5 Å². The van der Waals surface area contributed by atoms with Crippen LogP contribution in [0.3, 0.4) is 0 Å². The summed E-state index contributed by atoms with van der Waals surface area (Å²) in [5, 5.41) is 20.1. The fourth-order valence-electron chi connectivity index (χ4n) is 1.58. The number of hydrogen-bond acceptors (Lipinski definition) is 3. The van der Waals surface area contributed by atoms with E-state index in [0.29, 0.717) is 12.3 Å². The van der Waals surface area contributed by atoms with Crippen molar-refractivity contribution in [1.82, 2.24) is 0 Å². The maximum absolute atomic E-state index is 8.54. The highest BCUT2D eigenvalue weighted by molar-refractivity contribution is 5.87. The van der Waals surface area contributed by atoms with Crippen LogP contribution in [-0.2, 0) is 0 Å². The summed E-state index contributed by atoms with van der Waals surface area (Å²) in [4.78, 5) is 0. The van der Waals surface area contributed by atoms with Crippen LogP contribution >= 0.6 is 0 Å². The molecule has 0 spiro atoms. The maximum Gasteiger partial charge on any atom is 0.0621 e. The Labute approximate surface area is 66.3 Å². The Morgan fingerprint density at radius 1 is 1.73 bits per heavy atom. The second-order valence-corrected chi connectivity index (χ2v) is 2.88. The number of hydrogen-bond donors (Lipinski definition) is 1. The van der Waals surface area contributed by atoms with Crippen LogP contribution < -0.4 is 0 Å². The lowest BCUT2D eigenvalue weighted by Crippen LogP contribution is -2.05. The molecule has 1 aliphatic rings. The molecule has 1 N–H and O–H groups in total. The van der Waals surface area contributed by atoms with Gasteiger partial charge >= 0.3 is 0 Å². The van der Waals surface area contributed by atoms with Gasteiger partial charge in [0.05, 0.1) is 11.8 Å². The summed E-state index contributed by atoms with van der Waals surface area (Å²) in [7, 11) is 0. The summed E-state index contributed by atoms with van der Waals surface area (Å²) in [5.74, 6) is 0.375. The second-order valence-electron chi connectivity index (χ2n) is 2.88. The molecule has 1 aliphatic carbocycles. The van der Waals surface area contributed by atoms with E-state index in [9.17, 15) is 0 Å². The number of nitrogens with zero attached hydrogens (tertiary/aromatic N) is 2. The first-order valence-electron chi connectivity index (χ1n) is 3.96. The normalized spacial score (nSPS) is 27.2. The van der Waals surface area contributed by atoms with Crippen molar-refractivity contribution in [3.05, 3.63) is 0 Å².